The minimum absolute atomic E-state index is 0.228. The molecule has 0 fully saturated rings. The minimum atomic E-state index is -0.292. The number of benzene rings is 2. The Kier molecular flexibility index (Phi) is 4.77. The molecule has 0 spiro atoms. The minimum Gasteiger partial charge on any atom is -0.487 e. The van der Waals surface area contributed by atoms with Crippen molar-refractivity contribution in [3.8, 4) is 17.0 Å². The first-order valence-corrected chi connectivity index (χ1v) is 9.01. The zero-order valence-electron chi connectivity index (χ0n) is 14.7. The summed E-state index contributed by atoms with van der Waals surface area (Å²) in [5.41, 5.74) is 4.07. The maximum absolute atomic E-state index is 13.3. The lowest BCUT2D eigenvalue weighted by Gasteiger charge is -2.13. The Hall–Kier alpha value is -2.92. The van der Waals surface area contributed by atoms with Gasteiger partial charge in [-0.25, -0.2) is 14.4 Å². The summed E-state index contributed by atoms with van der Waals surface area (Å²) in [6.07, 6.45) is 3.52. The highest BCUT2D eigenvalue weighted by molar-refractivity contribution is 6.35. The average Bonchev–Trinajstić information content (AvgIpc) is 3.11. The van der Waals surface area contributed by atoms with Crippen molar-refractivity contribution in [1.82, 2.24) is 14.5 Å². The van der Waals surface area contributed by atoms with Crippen molar-refractivity contribution in [2.75, 3.05) is 0 Å². The van der Waals surface area contributed by atoms with Crippen molar-refractivity contribution in [3.05, 3.63) is 77.5 Å². The molecule has 0 radical (unpaired) electrons. The molecule has 0 aliphatic heterocycles. The first-order chi connectivity index (χ1) is 13.2. The molecule has 0 bridgehead atoms. The molecule has 0 N–H and O–H groups in total. The van der Waals surface area contributed by atoms with Crippen LogP contribution in [0, 0.1) is 5.82 Å². The molecule has 0 saturated heterocycles. The molecule has 0 aliphatic carbocycles. The van der Waals surface area contributed by atoms with Crippen LogP contribution < -0.4 is 4.74 Å². The average molecular weight is 382 g/mol. The van der Waals surface area contributed by atoms with Crippen LogP contribution in [0.5, 0.6) is 5.75 Å². The van der Waals surface area contributed by atoms with E-state index in [0.717, 1.165) is 34.4 Å². The monoisotopic (exact) mass is 381 g/mol. The second-order valence-electron chi connectivity index (χ2n) is 6.09. The fourth-order valence-corrected chi connectivity index (χ4v) is 3.36. The highest BCUT2D eigenvalue weighted by Gasteiger charge is 2.16. The molecule has 4 aromatic rings. The van der Waals surface area contributed by atoms with E-state index in [1.165, 1.54) is 18.5 Å². The van der Waals surface area contributed by atoms with Crippen molar-refractivity contribution in [2.45, 2.75) is 20.1 Å². The Balaban J connectivity index is 1.71. The van der Waals surface area contributed by atoms with Gasteiger partial charge in [0.2, 0.25) is 0 Å². The molecule has 0 aliphatic rings. The van der Waals surface area contributed by atoms with Crippen LogP contribution in [0.25, 0.3) is 22.3 Å². The van der Waals surface area contributed by atoms with Gasteiger partial charge in [0.1, 0.15) is 24.5 Å². The van der Waals surface area contributed by atoms with Gasteiger partial charge in [0.05, 0.1) is 21.7 Å². The zero-order chi connectivity index (χ0) is 18.8. The first kappa shape index (κ1) is 17.5. The van der Waals surface area contributed by atoms with Crippen molar-refractivity contribution < 1.29 is 9.13 Å². The SMILES string of the molecule is CCn1ccc2ncnc(-c3cccc(OCc4cccc(F)c4)c3Cl)c21. The smallest absolute Gasteiger partial charge is 0.139 e. The van der Waals surface area contributed by atoms with E-state index in [-0.39, 0.29) is 12.4 Å². The lowest BCUT2D eigenvalue weighted by atomic mass is 10.1. The number of hydrogen-bond donors (Lipinski definition) is 0. The van der Waals surface area contributed by atoms with Crippen molar-refractivity contribution >= 4 is 22.6 Å². The Morgan fingerprint density at radius 2 is 1.96 bits per heavy atom. The van der Waals surface area contributed by atoms with Gasteiger partial charge < -0.3 is 9.30 Å². The molecule has 0 unspecified atom stereocenters. The number of rotatable bonds is 5. The van der Waals surface area contributed by atoms with Gasteiger partial charge in [-0.05, 0) is 36.8 Å². The van der Waals surface area contributed by atoms with Crippen LogP contribution in [-0.2, 0) is 13.2 Å². The Morgan fingerprint density at radius 1 is 1.11 bits per heavy atom. The lowest BCUT2D eigenvalue weighted by Crippen LogP contribution is -1.99. The third-order valence-electron chi connectivity index (χ3n) is 4.39. The molecule has 2 aromatic carbocycles. The summed E-state index contributed by atoms with van der Waals surface area (Å²) < 4.78 is 21.3. The van der Waals surface area contributed by atoms with E-state index in [0.29, 0.717) is 10.8 Å². The summed E-state index contributed by atoms with van der Waals surface area (Å²) in [4.78, 5) is 8.80. The summed E-state index contributed by atoms with van der Waals surface area (Å²) in [5, 5.41) is 0.470. The summed E-state index contributed by atoms with van der Waals surface area (Å²) in [7, 11) is 0. The zero-order valence-corrected chi connectivity index (χ0v) is 15.4. The second kappa shape index (κ2) is 7.37. The van der Waals surface area contributed by atoms with E-state index in [1.54, 1.807) is 12.1 Å². The number of aromatic nitrogens is 3. The number of halogens is 2. The van der Waals surface area contributed by atoms with E-state index in [2.05, 4.69) is 21.5 Å². The lowest BCUT2D eigenvalue weighted by molar-refractivity contribution is 0.306. The fraction of sp³-hybridized carbons (Fsp3) is 0.143. The van der Waals surface area contributed by atoms with Crippen LogP contribution in [0.15, 0.2) is 61.1 Å². The topological polar surface area (TPSA) is 39.9 Å². The third kappa shape index (κ3) is 3.38. The molecule has 4 nitrogen and oxygen atoms in total. The molecule has 27 heavy (non-hydrogen) atoms. The third-order valence-corrected chi connectivity index (χ3v) is 4.78. The van der Waals surface area contributed by atoms with Crippen LogP contribution in [0.3, 0.4) is 0 Å². The normalized spacial score (nSPS) is 11.1. The van der Waals surface area contributed by atoms with E-state index in [9.17, 15) is 4.39 Å². The van der Waals surface area contributed by atoms with E-state index < -0.39 is 0 Å². The molecule has 0 atom stereocenters. The van der Waals surface area contributed by atoms with Crippen LogP contribution in [0.4, 0.5) is 4.39 Å². The van der Waals surface area contributed by atoms with Gasteiger partial charge in [-0.3, -0.25) is 0 Å². The molecule has 136 valence electrons. The largest absolute Gasteiger partial charge is 0.487 e. The standard InChI is InChI=1S/C21H17ClFN3O/c1-2-26-10-9-17-21(26)20(25-13-24-17)16-7-4-8-18(19(16)22)27-12-14-5-3-6-15(23)11-14/h3-11,13H,2,12H2,1H3. The van der Waals surface area contributed by atoms with Gasteiger partial charge >= 0.3 is 0 Å². The van der Waals surface area contributed by atoms with Crippen LogP contribution in [0.2, 0.25) is 5.02 Å². The van der Waals surface area contributed by atoms with Gasteiger partial charge in [-0.15, -0.1) is 0 Å². The molecule has 4 rings (SSSR count). The molecule has 2 heterocycles. The summed E-state index contributed by atoms with van der Waals surface area (Å²) in [5.74, 6) is 0.236. The fourth-order valence-electron chi connectivity index (χ4n) is 3.09. The van der Waals surface area contributed by atoms with Crippen molar-refractivity contribution in [2.24, 2.45) is 0 Å². The summed E-state index contributed by atoms with van der Waals surface area (Å²) in [6.45, 7) is 3.10. The van der Waals surface area contributed by atoms with Gasteiger partial charge in [0, 0.05) is 18.3 Å². The maximum atomic E-state index is 13.3. The van der Waals surface area contributed by atoms with Crippen LogP contribution in [0.1, 0.15) is 12.5 Å². The molecule has 0 saturated carbocycles. The number of ether oxygens (including phenoxy) is 1. The predicted octanol–water partition coefficient (Wildman–Crippen LogP) is 5.49. The van der Waals surface area contributed by atoms with Crippen molar-refractivity contribution in [3.63, 3.8) is 0 Å². The highest BCUT2D eigenvalue weighted by Crippen LogP contribution is 2.37. The quantitative estimate of drug-likeness (QED) is 0.459. The number of hydrogen-bond acceptors (Lipinski definition) is 3. The van der Waals surface area contributed by atoms with Gasteiger partial charge in [0.15, 0.2) is 0 Å². The molecule has 6 heteroatoms. The van der Waals surface area contributed by atoms with E-state index >= 15 is 0 Å². The predicted molar refractivity (Wildman–Crippen MR) is 104 cm³/mol. The summed E-state index contributed by atoms with van der Waals surface area (Å²) >= 11 is 6.64. The molecular weight excluding hydrogens is 365 g/mol. The first-order valence-electron chi connectivity index (χ1n) is 8.63. The van der Waals surface area contributed by atoms with E-state index in [1.807, 2.05) is 30.5 Å². The van der Waals surface area contributed by atoms with Gasteiger partial charge in [0.25, 0.3) is 0 Å². The molecule has 2 aromatic heterocycles. The second-order valence-corrected chi connectivity index (χ2v) is 6.47. The Morgan fingerprint density at radius 3 is 2.78 bits per heavy atom. The number of fused-ring (bicyclic) bond motifs is 1. The molecular formula is C21H17ClFN3O. The molecule has 0 amide bonds. The number of aryl methyl sites for hydroxylation is 1. The van der Waals surface area contributed by atoms with Crippen LogP contribution in [-0.4, -0.2) is 14.5 Å². The number of nitrogens with zero attached hydrogens (tertiary/aromatic N) is 3. The van der Waals surface area contributed by atoms with Crippen LogP contribution >= 0.6 is 11.6 Å². The highest BCUT2D eigenvalue weighted by atomic mass is 35.5. The van der Waals surface area contributed by atoms with Gasteiger partial charge in [-0.2, -0.15) is 0 Å². The maximum Gasteiger partial charge on any atom is 0.139 e. The summed E-state index contributed by atoms with van der Waals surface area (Å²) in [6, 6.07) is 13.8. The Bertz CT molecular complexity index is 1110. The van der Waals surface area contributed by atoms with Crippen molar-refractivity contribution in [1.29, 1.82) is 0 Å². The Labute approximate surface area is 161 Å². The van der Waals surface area contributed by atoms with E-state index in [4.69, 9.17) is 16.3 Å². The van der Waals surface area contributed by atoms with Gasteiger partial charge in [-0.1, -0.05) is 35.9 Å².